The number of nitrogens with zero attached hydrogens (tertiary/aromatic N) is 1. The van der Waals surface area contributed by atoms with E-state index in [0.717, 1.165) is 48.5 Å². The lowest BCUT2D eigenvalue weighted by Gasteiger charge is -2.13. The zero-order valence-corrected chi connectivity index (χ0v) is 14.5. The quantitative estimate of drug-likeness (QED) is 0.646. The Bertz CT molecular complexity index is 654. The molecule has 2 rings (SSSR count). The van der Waals surface area contributed by atoms with Crippen LogP contribution in [-0.4, -0.2) is 24.0 Å². The van der Waals surface area contributed by atoms with E-state index in [-0.39, 0.29) is 5.91 Å². The maximum Gasteiger partial charge on any atom is 0.257 e. The second kappa shape index (κ2) is 8.64. The van der Waals surface area contributed by atoms with Crippen LogP contribution in [0, 0.1) is 13.8 Å². The van der Waals surface area contributed by atoms with Gasteiger partial charge in [-0.2, -0.15) is 0 Å². The number of amides is 1. The number of nitrogens with one attached hydrogen (secondary N) is 2. The summed E-state index contributed by atoms with van der Waals surface area (Å²) >= 11 is 1.47. The molecule has 0 bridgehead atoms. The zero-order chi connectivity index (χ0) is 16.7. The number of nitrogens with two attached hydrogens (primary N) is 1. The first-order valence-electron chi connectivity index (χ1n) is 7.89. The third-order valence-electron chi connectivity index (χ3n) is 3.62. The first-order valence-corrected chi connectivity index (χ1v) is 8.71. The first-order chi connectivity index (χ1) is 11.1. The molecular weight excluding hydrogens is 308 g/mol. The van der Waals surface area contributed by atoms with E-state index in [9.17, 15) is 4.79 Å². The van der Waals surface area contributed by atoms with Crippen LogP contribution in [0.25, 0.3) is 0 Å². The molecule has 0 atom stereocenters. The Kier molecular flexibility index (Phi) is 6.55. The number of unbranched alkanes of at least 4 members (excludes halogenated alkanes) is 2. The summed E-state index contributed by atoms with van der Waals surface area (Å²) in [7, 11) is 0. The van der Waals surface area contributed by atoms with Crippen LogP contribution < -0.4 is 16.4 Å². The van der Waals surface area contributed by atoms with Crippen LogP contribution in [0.3, 0.4) is 0 Å². The average molecular weight is 332 g/mol. The van der Waals surface area contributed by atoms with Gasteiger partial charge in [-0.3, -0.25) is 10.1 Å². The molecule has 0 fully saturated rings. The number of rotatable bonds is 8. The molecule has 2 aromatic rings. The lowest BCUT2D eigenvalue weighted by molar-refractivity contribution is 0.102. The Morgan fingerprint density at radius 2 is 2.09 bits per heavy atom. The van der Waals surface area contributed by atoms with E-state index < -0.39 is 0 Å². The molecule has 5 nitrogen and oxygen atoms in total. The Morgan fingerprint density at radius 1 is 1.26 bits per heavy atom. The molecular formula is C17H24N4OS. The molecule has 1 aromatic heterocycles. The predicted octanol–water partition coefficient (Wildman–Crippen LogP) is 3.55. The normalized spacial score (nSPS) is 10.6. The second-order valence-electron chi connectivity index (χ2n) is 5.48. The van der Waals surface area contributed by atoms with E-state index in [1.54, 1.807) is 6.20 Å². The summed E-state index contributed by atoms with van der Waals surface area (Å²) in [5, 5.41) is 6.89. The van der Waals surface area contributed by atoms with Crippen molar-refractivity contribution in [3.8, 4) is 0 Å². The van der Waals surface area contributed by atoms with Crippen LogP contribution in [0.2, 0.25) is 0 Å². The van der Waals surface area contributed by atoms with E-state index >= 15 is 0 Å². The third kappa shape index (κ3) is 5.04. The second-order valence-corrected chi connectivity index (χ2v) is 6.72. The Hall–Kier alpha value is -1.92. The molecule has 124 valence electrons. The molecule has 0 spiro atoms. The Morgan fingerprint density at radius 3 is 2.78 bits per heavy atom. The average Bonchev–Trinajstić information content (AvgIpc) is 2.93. The lowest BCUT2D eigenvalue weighted by Crippen LogP contribution is -2.14. The molecule has 0 unspecified atom stereocenters. The number of aryl methyl sites for hydroxylation is 1. The SMILES string of the molecule is Cc1cnc(NC(=O)c2cccc(NCCCCCN)c2C)s1. The minimum atomic E-state index is -0.122. The van der Waals surface area contributed by atoms with Gasteiger partial charge < -0.3 is 11.1 Å². The summed E-state index contributed by atoms with van der Waals surface area (Å²) in [6.45, 7) is 5.56. The molecule has 0 aliphatic heterocycles. The van der Waals surface area contributed by atoms with Crippen molar-refractivity contribution in [2.24, 2.45) is 5.73 Å². The van der Waals surface area contributed by atoms with E-state index in [0.29, 0.717) is 10.7 Å². The number of hydrogen-bond acceptors (Lipinski definition) is 5. The van der Waals surface area contributed by atoms with Crippen LogP contribution in [0.4, 0.5) is 10.8 Å². The van der Waals surface area contributed by atoms with Gasteiger partial charge in [-0.1, -0.05) is 12.5 Å². The number of thiazole rings is 1. The van der Waals surface area contributed by atoms with Crippen molar-refractivity contribution >= 4 is 28.1 Å². The summed E-state index contributed by atoms with van der Waals surface area (Å²) in [6.07, 6.45) is 5.00. The van der Waals surface area contributed by atoms with Crippen molar-refractivity contribution in [2.45, 2.75) is 33.1 Å². The highest BCUT2D eigenvalue weighted by molar-refractivity contribution is 7.15. The van der Waals surface area contributed by atoms with Crippen LogP contribution in [0.5, 0.6) is 0 Å². The minimum Gasteiger partial charge on any atom is -0.385 e. The van der Waals surface area contributed by atoms with Gasteiger partial charge in [0.2, 0.25) is 0 Å². The Balaban J connectivity index is 1.99. The fourth-order valence-electron chi connectivity index (χ4n) is 2.32. The van der Waals surface area contributed by atoms with Crippen LogP contribution in [-0.2, 0) is 0 Å². The molecule has 0 saturated carbocycles. The first kappa shape index (κ1) is 17.4. The van der Waals surface area contributed by atoms with E-state index in [2.05, 4.69) is 15.6 Å². The van der Waals surface area contributed by atoms with Crippen molar-refractivity contribution in [1.29, 1.82) is 0 Å². The summed E-state index contributed by atoms with van der Waals surface area (Å²) in [6, 6.07) is 5.74. The molecule has 6 heteroatoms. The molecule has 1 amide bonds. The van der Waals surface area contributed by atoms with Gasteiger partial charge in [0.05, 0.1) is 0 Å². The van der Waals surface area contributed by atoms with Gasteiger partial charge in [0.15, 0.2) is 5.13 Å². The Labute approximate surface area is 141 Å². The fraction of sp³-hybridized carbons (Fsp3) is 0.412. The molecule has 0 aliphatic rings. The van der Waals surface area contributed by atoms with Gasteiger partial charge in [0, 0.05) is 28.9 Å². The minimum absolute atomic E-state index is 0.122. The molecule has 23 heavy (non-hydrogen) atoms. The van der Waals surface area contributed by atoms with Crippen molar-refractivity contribution < 1.29 is 4.79 Å². The standard InChI is InChI=1S/C17H24N4OS/c1-12-11-20-17(23-12)21-16(22)14-7-6-8-15(13(14)2)19-10-5-3-4-9-18/h6-8,11,19H,3-5,9-10,18H2,1-2H3,(H,20,21,22). The highest BCUT2D eigenvalue weighted by Crippen LogP contribution is 2.22. The highest BCUT2D eigenvalue weighted by atomic mass is 32.1. The van der Waals surface area contributed by atoms with Crippen LogP contribution >= 0.6 is 11.3 Å². The van der Waals surface area contributed by atoms with Gasteiger partial charge in [-0.05, 0) is 50.9 Å². The molecule has 0 radical (unpaired) electrons. The van der Waals surface area contributed by atoms with Gasteiger partial charge >= 0.3 is 0 Å². The topological polar surface area (TPSA) is 80.0 Å². The largest absolute Gasteiger partial charge is 0.385 e. The predicted molar refractivity (Wildman–Crippen MR) is 97.4 cm³/mol. The summed E-state index contributed by atoms with van der Waals surface area (Å²) < 4.78 is 0. The van der Waals surface area contributed by atoms with E-state index in [1.807, 2.05) is 32.0 Å². The van der Waals surface area contributed by atoms with Crippen molar-refractivity contribution in [1.82, 2.24) is 4.98 Å². The number of aromatic nitrogens is 1. The molecule has 4 N–H and O–H groups in total. The van der Waals surface area contributed by atoms with Crippen LogP contribution in [0.15, 0.2) is 24.4 Å². The van der Waals surface area contributed by atoms with E-state index in [4.69, 9.17) is 5.73 Å². The molecule has 1 aromatic carbocycles. The van der Waals surface area contributed by atoms with Crippen LogP contribution in [0.1, 0.15) is 40.1 Å². The highest BCUT2D eigenvalue weighted by Gasteiger charge is 2.13. The summed E-state index contributed by atoms with van der Waals surface area (Å²) in [5.41, 5.74) is 8.12. The fourth-order valence-corrected chi connectivity index (χ4v) is 2.98. The van der Waals surface area contributed by atoms with Gasteiger partial charge in [0.1, 0.15) is 0 Å². The maximum absolute atomic E-state index is 12.4. The number of anilines is 2. The number of carbonyl (C=O) groups excluding carboxylic acids is 1. The van der Waals surface area contributed by atoms with E-state index in [1.165, 1.54) is 11.3 Å². The maximum atomic E-state index is 12.4. The van der Waals surface area contributed by atoms with Crippen molar-refractivity contribution in [3.63, 3.8) is 0 Å². The summed E-state index contributed by atoms with van der Waals surface area (Å²) in [5.74, 6) is -0.122. The van der Waals surface area contributed by atoms with Crippen molar-refractivity contribution in [2.75, 3.05) is 23.7 Å². The number of hydrogen-bond donors (Lipinski definition) is 3. The monoisotopic (exact) mass is 332 g/mol. The lowest BCUT2D eigenvalue weighted by atomic mass is 10.1. The smallest absolute Gasteiger partial charge is 0.257 e. The molecule has 0 saturated heterocycles. The summed E-state index contributed by atoms with van der Waals surface area (Å²) in [4.78, 5) is 17.7. The zero-order valence-electron chi connectivity index (χ0n) is 13.7. The van der Waals surface area contributed by atoms with Gasteiger partial charge in [-0.15, -0.1) is 11.3 Å². The van der Waals surface area contributed by atoms with Gasteiger partial charge in [-0.25, -0.2) is 4.98 Å². The molecule has 1 heterocycles. The molecule has 0 aliphatic carbocycles. The number of benzene rings is 1. The van der Waals surface area contributed by atoms with Gasteiger partial charge in [0.25, 0.3) is 5.91 Å². The third-order valence-corrected chi connectivity index (χ3v) is 4.44. The number of carbonyl (C=O) groups is 1. The van der Waals surface area contributed by atoms with Crippen molar-refractivity contribution in [3.05, 3.63) is 40.4 Å².